The molecule has 6 heteroatoms. The second-order valence-corrected chi connectivity index (χ2v) is 8.02. The van der Waals surface area contributed by atoms with Gasteiger partial charge in [-0.1, -0.05) is 12.1 Å². The molecular weight excluding hydrogens is 354 g/mol. The first kappa shape index (κ1) is 19.3. The maximum Gasteiger partial charge on any atom is 0.249 e. The van der Waals surface area contributed by atoms with Crippen LogP contribution in [-0.2, 0) is 11.3 Å². The SMILES string of the molecule is C/C=C(\C)C(=O)N1CCCC(N2CCN(Cc3ccc4c(c3)OCO4)CC2)C1. The molecule has 3 aliphatic rings. The van der Waals surface area contributed by atoms with Crippen molar-refractivity contribution in [1.82, 2.24) is 14.7 Å². The van der Waals surface area contributed by atoms with E-state index in [2.05, 4.69) is 21.9 Å². The maximum absolute atomic E-state index is 12.5. The van der Waals surface area contributed by atoms with Gasteiger partial charge < -0.3 is 14.4 Å². The van der Waals surface area contributed by atoms with Crippen LogP contribution >= 0.6 is 0 Å². The summed E-state index contributed by atoms with van der Waals surface area (Å²) in [5.74, 6) is 1.91. The van der Waals surface area contributed by atoms with E-state index in [0.717, 1.165) is 69.3 Å². The van der Waals surface area contributed by atoms with Crippen molar-refractivity contribution in [3.05, 3.63) is 35.4 Å². The van der Waals surface area contributed by atoms with Crippen molar-refractivity contribution in [1.29, 1.82) is 0 Å². The molecular formula is C22H31N3O3. The molecule has 0 aliphatic carbocycles. The predicted molar refractivity (Wildman–Crippen MR) is 108 cm³/mol. The van der Waals surface area contributed by atoms with Gasteiger partial charge in [0.15, 0.2) is 11.5 Å². The monoisotopic (exact) mass is 385 g/mol. The van der Waals surface area contributed by atoms with Crippen LogP contribution in [0, 0.1) is 0 Å². The number of fused-ring (bicyclic) bond motifs is 1. The highest BCUT2D eigenvalue weighted by Gasteiger charge is 2.30. The van der Waals surface area contributed by atoms with E-state index in [-0.39, 0.29) is 5.91 Å². The second kappa shape index (κ2) is 8.53. The first-order valence-corrected chi connectivity index (χ1v) is 10.4. The summed E-state index contributed by atoms with van der Waals surface area (Å²) in [6, 6.07) is 6.74. The van der Waals surface area contributed by atoms with E-state index in [1.54, 1.807) is 0 Å². The Morgan fingerprint density at radius 3 is 2.71 bits per heavy atom. The topological polar surface area (TPSA) is 45.3 Å². The Bertz CT molecular complexity index is 741. The number of carbonyl (C=O) groups excluding carboxylic acids is 1. The number of amides is 1. The molecule has 2 fully saturated rings. The molecule has 0 saturated carbocycles. The Labute approximate surface area is 167 Å². The van der Waals surface area contributed by atoms with Gasteiger partial charge >= 0.3 is 0 Å². The number of ether oxygens (including phenoxy) is 2. The molecule has 28 heavy (non-hydrogen) atoms. The van der Waals surface area contributed by atoms with E-state index in [0.29, 0.717) is 12.8 Å². The maximum atomic E-state index is 12.5. The van der Waals surface area contributed by atoms with Crippen LogP contribution in [0.15, 0.2) is 29.8 Å². The molecule has 0 aromatic heterocycles. The first-order chi connectivity index (χ1) is 13.6. The number of allylic oxidation sites excluding steroid dienone is 1. The highest BCUT2D eigenvalue weighted by molar-refractivity contribution is 5.92. The van der Waals surface area contributed by atoms with Crippen molar-refractivity contribution >= 4 is 5.91 Å². The van der Waals surface area contributed by atoms with E-state index < -0.39 is 0 Å². The molecule has 4 rings (SSSR count). The van der Waals surface area contributed by atoms with Gasteiger partial charge in [0, 0.05) is 57.4 Å². The molecule has 1 aromatic carbocycles. The van der Waals surface area contributed by atoms with Crippen LogP contribution in [-0.4, -0.2) is 72.7 Å². The number of benzene rings is 1. The van der Waals surface area contributed by atoms with Crippen molar-refractivity contribution in [2.75, 3.05) is 46.1 Å². The van der Waals surface area contributed by atoms with Crippen LogP contribution in [0.5, 0.6) is 11.5 Å². The van der Waals surface area contributed by atoms with Crippen LogP contribution in [0.25, 0.3) is 0 Å². The highest BCUT2D eigenvalue weighted by atomic mass is 16.7. The molecule has 1 atom stereocenters. The quantitative estimate of drug-likeness (QED) is 0.745. The van der Waals surface area contributed by atoms with Gasteiger partial charge in [-0.05, 0) is 44.4 Å². The van der Waals surface area contributed by atoms with E-state index in [4.69, 9.17) is 9.47 Å². The molecule has 3 aliphatic heterocycles. The lowest BCUT2D eigenvalue weighted by atomic mass is 10.0. The largest absolute Gasteiger partial charge is 0.454 e. The number of piperidine rings is 1. The van der Waals surface area contributed by atoms with Gasteiger partial charge in [0.2, 0.25) is 12.7 Å². The van der Waals surface area contributed by atoms with Gasteiger partial charge in [-0.3, -0.25) is 14.6 Å². The summed E-state index contributed by atoms with van der Waals surface area (Å²) >= 11 is 0. The molecule has 1 aromatic rings. The molecule has 6 nitrogen and oxygen atoms in total. The molecule has 0 bridgehead atoms. The number of carbonyl (C=O) groups is 1. The normalized spacial score (nSPS) is 23.9. The Hall–Kier alpha value is -2.05. The lowest BCUT2D eigenvalue weighted by Crippen LogP contribution is -2.55. The van der Waals surface area contributed by atoms with Crippen molar-refractivity contribution < 1.29 is 14.3 Å². The first-order valence-electron chi connectivity index (χ1n) is 10.4. The standard InChI is InChI=1S/C22H31N3O3/c1-3-17(2)22(26)25-8-4-5-19(15-25)24-11-9-23(10-12-24)14-18-6-7-20-21(13-18)28-16-27-20/h3,6-7,13,19H,4-5,8-12,14-16H2,1-2H3/b17-3+. The van der Waals surface area contributed by atoms with Gasteiger partial charge in [0.05, 0.1) is 0 Å². The number of nitrogens with zero attached hydrogens (tertiary/aromatic N) is 3. The molecule has 152 valence electrons. The van der Waals surface area contributed by atoms with Crippen molar-refractivity contribution in [3.63, 3.8) is 0 Å². The molecule has 0 radical (unpaired) electrons. The predicted octanol–water partition coefficient (Wildman–Crippen LogP) is 2.49. The van der Waals surface area contributed by atoms with Crippen LogP contribution in [0.3, 0.4) is 0 Å². The fourth-order valence-corrected chi connectivity index (χ4v) is 4.39. The Morgan fingerprint density at radius 1 is 1.14 bits per heavy atom. The molecule has 1 unspecified atom stereocenters. The molecule has 0 N–H and O–H groups in total. The smallest absolute Gasteiger partial charge is 0.249 e. The van der Waals surface area contributed by atoms with Crippen LogP contribution in [0.2, 0.25) is 0 Å². The lowest BCUT2D eigenvalue weighted by Gasteiger charge is -2.43. The number of likely N-dealkylation sites (tertiary alicyclic amines) is 1. The number of hydrogen-bond acceptors (Lipinski definition) is 5. The van der Waals surface area contributed by atoms with E-state index in [1.807, 2.05) is 30.9 Å². The summed E-state index contributed by atoms with van der Waals surface area (Å²) in [5, 5.41) is 0. The summed E-state index contributed by atoms with van der Waals surface area (Å²) < 4.78 is 10.9. The molecule has 1 amide bonds. The average Bonchev–Trinajstić information content (AvgIpc) is 3.21. The number of piperazine rings is 1. The Morgan fingerprint density at radius 2 is 1.93 bits per heavy atom. The number of rotatable bonds is 4. The lowest BCUT2D eigenvalue weighted by molar-refractivity contribution is -0.129. The zero-order chi connectivity index (χ0) is 19.5. The van der Waals surface area contributed by atoms with Crippen LogP contribution in [0.4, 0.5) is 0 Å². The number of hydrogen-bond donors (Lipinski definition) is 0. The van der Waals surface area contributed by atoms with Gasteiger partial charge in [-0.2, -0.15) is 0 Å². The summed E-state index contributed by atoms with van der Waals surface area (Å²) in [6.45, 7) is 11.1. The minimum Gasteiger partial charge on any atom is -0.454 e. The van der Waals surface area contributed by atoms with Crippen molar-refractivity contribution in [2.24, 2.45) is 0 Å². The third-order valence-electron chi connectivity index (χ3n) is 6.22. The van der Waals surface area contributed by atoms with Crippen molar-refractivity contribution in [3.8, 4) is 11.5 Å². The fraction of sp³-hybridized carbons (Fsp3) is 0.591. The second-order valence-electron chi connectivity index (χ2n) is 8.02. The Kier molecular flexibility index (Phi) is 5.87. The van der Waals surface area contributed by atoms with Crippen LogP contribution < -0.4 is 9.47 Å². The summed E-state index contributed by atoms with van der Waals surface area (Å²) in [5.41, 5.74) is 2.13. The summed E-state index contributed by atoms with van der Waals surface area (Å²) in [6.07, 6.45) is 4.21. The van der Waals surface area contributed by atoms with E-state index in [9.17, 15) is 4.79 Å². The van der Waals surface area contributed by atoms with Gasteiger partial charge in [-0.25, -0.2) is 0 Å². The molecule has 3 heterocycles. The third kappa shape index (κ3) is 4.18. The van der Waals surface area contributed by atoms with Gasteiger partial charge in [0.25, 0.3) is 0 Å². The highest BCUT2D eigenvalue weighted by Crippen LogP contribution is 2.33. The molecule has 2 saturated heterocycles. The van der Waals surface area contributed by atoms with Crippen LogP contribution in [0.1, 0.15) is 32.3 Å². The van der Waals surface area contributed by atoms with Gasteiger partial charge in [-0.15, -0.1) is 0 Å². The molecule has 0 spiro atoms. The fourth-order valence-electron chi connectivity index (χ4n) is 4.39. The van der Waals surface area contributed by atoms with E-state index >= 15 is 0 Å². The van der Waals surface area contributed by atoms with Crippen molar-refractivity contribution in [2.45, 2.75) is 39.3 Å². The third-order valence-corrected chi connectivity index (χ3v) is 6.22. The minimum absolute atomic E-state index is 0.202. The summed E-state index contributed by atoms with van der Waals surface area (Å²) in [7, 11) is 0. The van der Waals surface area contributed by atoms with E-state index in [1.165, 1.54) is 12.0 Å². The minimum atomic E-state index is 0.202. The zero-order valence-corrected chi connectivity index (χ0v) is 17.0. The van der Waals surface area contributed by atoms with Gasteiger partial charge in [0.1, 0.15) is 0 Å². The average molecular weight is 386 g/mol. The summed E-state index contributed by atoms with van der Waals surface area (Å²) in [4.78, 5) is 19.6. The zero-order valence-electron chi connectivity index (χ0n) is 17.0. The Balaban J connectivity index is 1.28.